The molecule has 0 unspecified atom stereocenters. The number of rotatable bonds is 5. The van der Waals surface area contributed by atoms with Crippen molar-refractivity contribution in [1.82, 2.24) is 25.3 Å². The summed E-state index contributed by atoms with van der Waals surface area (Å²) in [6, 6.07) is 7.98. The molecule has 5 rings (SSSR count). The Hall–Kier alpha value is -2.74. The summed E-state index contributed by atoms with van der Waals surface area (Å²) in [7, 11) is 0. The zero-order valence-electron chi connectivity index (χ0n) is 14.2. The molecular weight excluding hydrogens is 334 g/mol. The van der Waals surface area contributed by atoms with Crippen LogP contribution in [0.5, 0.6) is 0 Å². The fourth-order valence-corrected chi connectivity index (χ4v) is 3.40. The van der Waals surface area contributed by atoms with E-state index < -0.39 is 0 Å². The molecule has 3 heterocycles. The summed E-state index contributed by atoms with van der Waals surface area (Å²) in [6.07, 6.45) is 3.98. The molecule has 8 heteroatoms. The summed E-state index contributed by atoms with van der Waals surface area (Å²) in [4.78, 5) is 23.1. The van der Waals surface area contributed by atoms with E-state index in [1.807, 2.05) is 24.3 Å². The molecule has 2 fully saturated rings. The number of para-hydroxylation sites is 2. The second kappa shape index (κ2) is 6.21. The molecule has 2 aromatic heterocycles. The number of fused-ring (bicyclic) bond motifs is 1. The minimum absolute atomic E-state index is 0.0139. The number of aromatic nitrogens is 3. The maximum Gasteiger partial charge on any atom is 0.292 e. The van der Waals surface area contributed by atoms with Gasteiger partial charge in [-0.05, 0) is 44.4 Å². The Morgan fingerprint density at radius 2 is 2.12 bits per heavy atom. The Morgan fingerprint density at radius 3 is 2.96 bits per heavy atom. The zero-order valence-corrected chi connectivity index (χ0v) is 14.2. The van der Waals surface area contributed by atoms with E-state index >= 15 is 0 Å². The van der Waals surface area contributed by atoms with E-state index in [-0.39, 0.29) is 23.8 Å². The van der Waals surface area contributed by atoms with E-state index in [0.717, 1.165) is 43.3 Å². The Balaban J connectivity index is 1.32. The molecule has 1 aliphatic heterocycles. The maximum atomic E-state index is 12.1. The molecule has 0 radical (unpaired) electrons. The second-order valence-electron chi connectivity index (χ2n) is 6.91. The van der Waals surface area contributed by atoms with E-state index in [2.05, 4.69) is 25.3 Å². The summed E-state index contributed by atoms with van der Waals surface area (Å²) >= 11 is 0. The first-order valence-electron chi connectivity index (χ1n) is 8.99. The van der Waals surface area contributed by atoms with Crippen molar-refractivity contribution in [3.63, 3.8) is 0 Å². The van der Waals surface area contributed by atoms with Crippen molar-refractivity contribution < 1.29 is 13.7 Å². The average Bonchev–Trinajstić information content (AvgIpc) is 3.06. The van der Waals surface area contributed by atoms with Crippen LogP contribution in [0.1, 0.15) is 54.1 Å². The normalized spacial score (nSPS) is 20.7. The van der Waals surface area contributed by atoms with Gasteiger partial charge in [0.25, 0.3) is 11.7 Å². The van der Waals surface area contributed by atoms with Crippen LogP contribution >= 0.6 is 0 Å². The van der Waals surface area contributed by atoms with Crippen molar-refractivity contribution in [1.29, 1.82) is 0 Å². The van der Waals surface area contributed by atoms with E-state index in [1.54, 1.807) is 0 Å². The van der Waals surface area contributed by atoms with Gasteiger partial charge in [0, 0.05) is 6.04 Å². The molecule has 8 nitrogen and oxygen atoms in total. The quantitative estimate of drug-likeness (QED) is 0.752. The van der Waals surface area contributed by atoms with Gasteiger partial charge in [0.15, 0.2) is 5.58 Å². The highest BCUT2D eigenvalue weighted by molar-refractivity contribution is 5.90. The van der Waals surface area contributed by atoms with Gasteiger partial charge in [-0.1, -0.05) is 17.3 Å². The SMILES string of the molecule is O=C(NC1CC1)c1noc([C@H]2CCCN2Cc2nc3ccccc3o2)n1. The molecule has 0 bridgehead atoms. The minimum atomic E-state index is -0.258. The highest BCUT2D eigenvalue weighted by Gasteiger charge is 2.33. The second-order valence-corrected chi connectivity index (χ2v) is 6.91. The Labute approximate surface area is 149 Å². The molecule has 1 aliphatic carbocycles. The van der Waals surface area contributed by atoms with Gasteiger partial charge in [0.05, 0.1) is 12.6 Å². The van der Waals surface area contributed by atoms with Gasteiger partial charge >= 0.3 is 0 Å². The number of nitrogens with one attached hydrogen (secondary N) is 1. The smallest absolute Gasteiger partial charge is 0.292 e. The van der Waals surface area contributed by atoms with Gasteiger partial charge < -0.3 is 14.3 Å². The number of nitrogens with zero attached hydrogens (tertiary/aromatic N) is 4. The highest BCUT2D eigenvalue weighted by Crippen LogP contribution is 2.32. The van der Waals surface area contributed by atoms with Crippen molar-refractivity contribution in [3.05, 3.63) is 41.9 Å². The number of likely N-dealkylation sites (tertiary alicyclic amines) is 1. The van der Waals surface area contributed by atoms with Crippen LogP contribution in [-0.2, 0) is 6.54 Å². The average molecular weight is 353 g/mol. The largest absolute Gasteiger partial charge is 0.439 e. The van der Waals surface area contributed by atoms with Crippen LogP contribution < -0.4 is 5.32 Å². The third-order valence-electron chi connectivity index (χ3n) is 4.88. The van der Waals surface area contributed by atoms with Crippen molar-refractivity contribution in [2.24, 2.45) is 0 Å². The third kappa shape index (κ3) is 2.96. The molecule has 26 heavy (non-hydrogen) atoms. The van der Waals surface area contributed by atoms with Crippen LogP contribution in [0.3, 0.4) is 0 Å². The molecule has 1 atom stereocenters. The first kappa shape index (κ1) is 15.5. The Kier molecular flexibility index (Phi) is 3.70. The molecule has 134 valence electrons. The topological polar surface area (TPSA) is 97.3 Å². The van der Waals surface area contributed by atoms with Crippen LogP contribution in [0.25, 0.3) is 11.1 Å². The van der Waals surface area contributed by atoms with Gasteiger partial charge in [0.1, 0.15) is 5.52 Å². The van der Waals surface area contributed by atoms with Crippen LogP contribution in [0.4, 0.5) is 0 Å². The van der Waals surface area contributed by atoms with Gasteiger partial charge in [-0.2, -0.15) is 4.98 Å². The molecule has 1 aromatic carbocycles. The summed E-state index contributed by atoms with van der Waals surface area (Å²) in [5, 5.41) is 6.73. The summed E-state index contributed by atoms with van der Waals surface area (Å²) in [5.74, 6) is 1.01. The molecule has 0 spiro atoms. The monoisotopic (exact) mass is 353 g/mol. The zero-order chi connectivity index (χ0) is 17.5. The lowest BCUT2D eigenvalue weighted by Gasteiger charge is -2.19. The number of amides is 1. The number of carbonyl (C=O) groups is 1. The molecule has 1 saturated carbocycles. The lowest BCUT2D eigenvalue weighted by Crippen LogP contribution is -2.27. The number of carbonyl (C=O) groups excluding carboxylic acids is 1. The predicted molar refractivity (Wildman–Crippen MR) is 91.2 cm³/mol. The fraction of sp³-hybridized carbons (Fsp3) is 0.444. The summed E-state index contributed by atoms with van der Waals surface area (Å²) < 4.78 is 11.2. The third-order valence-corrected chi connectivity index (χ3v) is 4.88. The van der Waals surface area contributed by atoms with Crippen molar-refractivity contribution in [3.8, 4) is 0 Å². The number of hydrogen-bond acceptors (Lipinski definition) is 7. The van der Waals surface area contributed by atoms with Crippen LogP contribution in [0.15, 0.2) is 33.2 Å². The first-order valence-corrected chi connectivity index (χ1v) is 8.99. The maximum absolute atomic E-state index is 12.1. The van der Waals surface area contributed by atoms with Crippen molar-refractivity contribution in [2.45, 2.75) is 44.3 Å². The standard InChI is InChI=1S/C18H19N5O3/c24-17(19-11-7-8-11)16-21-18(26-22-16)13-5-3-9-23(13)10-15-20-12-4-1-2-6-14(12)25-15/h1-2,4,6,11,13H,3,5,7-10H2,(H,19,24)/t13-/m1/s1. The molecule has 1 saturated heterocycles. The number of hydrogen-bond donors (Lipinski definition) is 1. The predicted octanol–water partition coefficient (Wildman–Crippen LogP) is 2.44. The van der Waals surface area contributed by atoms with Crippen LogP contribution in [-0.4, -0.2) is 38.5 Å². The molecule has 2 aliphatic rings. The molecule has 1 N–H and O–H groups in total. The summed E-state index contributed by atoms with van der Waals surface area (Å²) in [6.45, 7) is 1.47. The Morgan fingerprint density at radius 1 is 1.23 bits per heavy atom. The molecular formula is C18H19N5O3. The van der Waals surface area contributed by atoms with E-state index in [1.165, 1.54) is 0 Å². The number of oxazole rings is 1. The van der Waals surface area contributed by atoms with Crippen molar-refractivity contribution in [2.75, 3.05) is 6.54 Å². The van der Waals surface area contributed by atoms with Crippen LogP contribution in [0, 0.1) is 0 Å². The van der Waals surface area contributed by atoms with Gasteiger partial charge in [0.2, 0.25) is 11.8 Å². The fourth-order valence-electron chi connectivity index (χ4n) is 3.40. The lowest BCUT2D eigenvalue weighted by molar-refractivity contribution is 0.0937. The first-order chi connectivity index (χ1) is 12.8. The van der Waals surface area contributed by atoms with E-state index in [4.69, 9.17) is 8.94 Å². The van der Waals surface area contributed by atoms with Gasteiger partial charge in [-0.25, -0.2) is 4.98 Å². The lowest BCUT2D eigenvalue weighted by atomic mass is 10.2. The minimum Gasteiger partial charge on any atom is -0.439 e. The van der Waals surface area contributed by atoms with E-state index in [9.17, 15) is 4.79 Å². The van der Waals surface area contributed by atoms with Crippen molar-refractivity contribution >= 4 is 17.0 Å². The number of benzene rings is 1. The molecule has 3 aromatic rings. The Bertz CT molecular complexity index is 912. The van der Waals surface area contributed by atoms with Gasteiger partial charge in [-0.15, -0.1) is 0 Å². The molecule has 1 amide bonds. The van der Waals surface area contributed by atoms with Crippen LogP contribution in [0.2, 0.25) is 0 Å². The van der Waals surface area contributed by atoms with E-state index in [0.29, 0.717) is 18.3 Å². The highest BCUT2D eigenvalue weighted by atomic mass is 16.5. The summed E-state index contributed by atoms with van der Waals surface area (Å²) in [5.41, 5.74) is 1.64. The van der Waals surface area contributed by atoms with Gasteiger partial charge in [-0.3, -0.25) is 9.69 Å².